The zero-order valence-electron chi connectivity index (χ0n) is 10.1. The van der Waals surface area contributed by atoms with Crippen LogP contribution in [0.5, 0.6) is 0 Å². The molecule has 0 aromatic heterocycles. The zero-order valence-corrected chi connectivity index (χ0v) is 10.1. The Morgan fingerprint density at radius 2 is 2.19 bits per heavy atom. The van der Waals surface area contributed by atoms with Crippen molar-refractivity contribution in [3.8, 4) is 0 Å². The van der Waals surface area contributed by atoms with Crippen molar-refractivity contribution in [3.63, 3.8) is 0 Å². The number of rotatable bonds is 4. The van der Waals surface area contributed by atoms with Crippen LogP contribution in [0.25, 0.3) is 0 Å². The van der Waals surface area contributed by atoms with Gasteiger partial charge in [0.2, 0.25) is 0 Å². The van der Waals surface area contributed by atoms with Crippen molar-refractivity contribution in [2.24, 2.45) is 5.92 Å². The number of carbonyl (C=O) groups is 1. The molecule has 2 unspecified atom stereocenters. The van der Waals surface area contributed by atoms with E-state index in [1.165, 1.54) is 5.56 Å². The molecule has 2 heteroatoms. The Bertz CT molecular complexity index is 405. The summed E-state index contributed by atoms with van der Waals surface area (Å²) in [7, 11) is 0. The van der Waals surface area contributed by atoms with E-state index in [9.17, 15) is 4.79 Å². The molecule has 2 rings (SSSR count). The summed E-state index contributed by atoms with van der Waals surface area (Å²) in [5, 5.41) is 0. The summed E-state index contributed by atoms with van der Waals surface area (Å²) in [6, 6.07) is 5.92. The van der Waals surface area contributed by atoms with E-state index in [0.717, 1.165) is 24.2 Å². The molecule has 1 fully saturated rings. The van der Waals surface area contributed by atoms with Gasteiger partial charge in [-0.2, -0.15) is 0 Å². The lowest BCUT2D eigenvalue weighted by atomic mass is 9.91. The van der Waals surface area contributed by atoms with Gasteiger partial charge in [0, 0.05) is 11.5 Å². The predicted octanol–water partition coefficient (Wildman–Crippen LogP) is 2.91. The molecule has 2 nitrogen and oxygen atoms in total. The summed E-state index contributed by atoms with van der Waals surface area (Å²) in [6.07, 6.45) is 1.18. The van der Waals surface area contributed by atoms with Gasteiger partial charge in [-0.15, -0.1) is 0 Å². The van der Waals surface area contributed by atoms with Gasteiger partial charge in [0.1, 0.15) is 0 Å². The number of aryl methyl sites for hydroxylation is 1. The van der Waals surface area contributed by atoms with Crippen molar-refractivity contribution >= 4 is 5.78 Å². The molecule has 0 radical (unpaired) electrons. The Balaban J connectivity index is 2.15. The molecule has 0 aliphatic carbocycles. The molecule has 1 aromatic rings. The van der Waals surface area contributed by atoms with Crippen molar-refractivity contribution in [1.82, 2.24) is 0 Å². The van der Waals surface area contributed by atoms with Crippen molar-refractivity contribution < 1.29 is 9.53 Å². The first-order chi connectivity index (χ1) is 7.59. The molecule has 0 amide bonds. The number of ether oxygens (including phenoxy) is 1. The number of Topliss-reactive ketones (excluding diaryl/α,β-unsaturated/α-hetero) is 1. The number of carbonyl (C=O) groups excluding carboxylic acids is 1. The molecular formula is C14H18O2. The second kappa shape index (κ2) is 4.38. The lowest BCUT2D eigenvalue weighted by molar-refractivity contribution is 0.0917. The molecule has 0 N–H and O–H groups in total. The van der Waals surface area contributed by atoms with Crippen LogP contribution in [0.3, 0.4) is 0 Å². The van der Waals surface area contributed by atoms with Crippen LogP contribution in [0.2, 0.25) is 0 Å². The van der Waals surface area contributed by atoms with Crippen molar-refractivity contribution in [2.45, 2.75) is 33.3 Å². The Morgan fingerprint density at radius 3 is 2.81 bits per heavy atom. The summed E-state index contributed by atoms with van der Waals surface area (Å²) in [4.78, 5) is 12.2. The fourth-order valence-corrected chi connectivity index (χ4v) is 1.99. The summed E-state index contributed by atoms with van der Waals surface area (Å²) in [5.41, 5.74) is 3.16. The number of ketones is 1. The highest BCUT2D eigenvalue weighted by atomic mass is 16.6. The summed E-state index contributed by atoms with van der Waals surface area (Å²) in [6.45, 7) is 6.87. The van der Waals surface area contributed by atoms with Crippen LogP contribution in [0.1, 0.15) is 34.8 Å². The van der Waals surface area contributed by atoms with Gasteiger partial charge in [-0.1, -0.05) is 25.1 Å². The van der Waals surface area contributed by atoms with Crippen LogP contribution in [0, 0.1) is 19.8 Å². The molecule has 2 atom stereocenters. The maximum atomic E-state index is 12.2. The van der Waals surface area contributed by atoms with E-state index in [1.54, 1.807) is 0 Å². The standard InChI is InChI=1S/C14H18O2/c1-9-5-4-6-13(11(9)3)14(15)10(2)7-12-8-16-12/h4-6,10,12H,7-8H2,1-3H3. The van der Waals surface area contributed by atoms with E-state index < -0.39 is 0 Å². The number of hydrogen-bond donors (Lipinski definition) is 0. The summed E-state index contributed by atoms with van der Waals surface area (Å²) < 4.78 is 5.17. The topological polar surface area (TPSA) is 29.6 Å². The molecule has 1 heterocycles. The molecule has 1 aliphatic rings. The lowest BCUT2D eigenvalue weighted by Gasteiger charge is -2.12. The van der Waals surface area contributed by atoms with E-state index in [1.807, 2.05) is 39.0 Å². The van der Waals surface area contributed by atoms with Crippen LogP contribution in [-0.2, 0) is 4.74 Å². The fourth-order valence-electron chi connectivity index (χ4n) is 1.99. The molecular weight excluding hydrogens is 200 g/mol. The smallest absolute Gasteiger partial charge is 0.166 e. The van der Waals surface area contributed by atoms with Crippen LogP contribution in [-0.4, -0.2) is 18.5 Å². The van der Waals surface area contributed by atoms with E-state index in [2.05, 4.69) is 0 Å². The number of hydrogen-bond acceptors (Lipinski definition) is 2. The highest BCUT2D eigenvalue weighted by Crippen LogP contribution is 2.24. The monoisotopic (exact) mass is 218 g/mol. The highest BCUT2D eigenvalue weighted by Gasteiger charge is 2.28. The average Bonchev–Trinajstić information content (AvgIpc) is 3.05. The normalized spacial score (nSPS) is 20.6. The Hall–Kier alpha value is -1.15. The first-order valence-corrected chi connectivity index (χ1v) is 5.81. The maximum absolute atomic E-state index is 12.2. The van der Waals surface area contributed by atoms with E-state index in [-0.39, 0.29) is 11.7 Å². The van der Waals surface area contributed by atoms with Gasteiger partial charge in [-0.3, -0.25) is 4.79 Å². The quantitative estimate of drug-likeness (QED) is 0.574. The lowest BCUT2D eigenvalue weighted by Crippen LogP contribution is -2.15. The third-order valence-corrected chi connectivity index (χ3v) is 3.34. The van der Waals surface area contributed by atoms with Gasteiger partial charge < -0.3 is 4.74 Å². The molecule has 1 aromatic carbocycles. The Morgan fingerprint density at radius 1 is 1.50 bits per heavy atom. The number of epoxide rings is 1. The second-order valence-corrected chi connectivity index (χ2v) is 4.70. The molecule has 1 saturated heterocycles. The molecule has 0 saturated carbocycles. The van der Waals surface area contributed by atoms with Crippen LogP contribution in [0.15, 0.2) is 18.2 Å². The maximum Gasteiger partial charge on any atom is 0.166 e. The van der Waals surface area contributed by atoms with Gasteiger partial charge in [0.15, 0.2) is 5.78 Å². The van der Waals surface area contributed by atoms with Crippen molar-refractivity contribution in [2.75, 3.05) is 6.61 Å². The second-order valence-electron chi connectivity index (χ2n) is 4.70. The SMILES string of the molecule is Cc1cccc(C(=O)C(C)CC2CO2)c1C. The van der Waals surface area contributed by atoms with Gasteiger partial charge in [0.05, 0.1) is 12.7 Å². The van der Waals surface area contributed by atoms with Gasteiger partial charge >= 0.3 is 0 Å². The largest absolute Gasteiger partial charge is 0.373 e. The highest BCUT2D eigenvalue weighted by molar-refractivity contribution is 5.99. The van der Waals surface area contributed by atoms with Crippen LogP contribution >= 0.6 is 0 Å². The summed E-state index contributed by atoms with van der Waals surface area (Å²) in [5.74, 6) is 0.310. The van der Waals surface area contributed by atoms with Gasteiger partial charge in [-0.05, 0) is 31.4 Å². The Kier molecular flexibility index (Phi) is 3.10. The minimum absolute atomic E-state index is 0.0630. The molecule has 0 spiro atoms. The van der Waals surface area contributed by atoms with E-state index >= 15 is 0 Å². The zero-order chi connectivity index (χ0) is 11.7. The molecule has 16 heavy (non-hydrogen) atoms. The molecule has 86 valence electrons. The third-order valence-electron chi connectivity index (χ3n) is 3.34. The average molecular weight is 218 g/mol. The van der Waals surface area contributed by atoms with E-state index in [4.69, 9.17) is 4.74 Å². The minimum atomic E-state index is 0.0630. The van der Waals surface area contributed by atoms with E-state index in [0.29, 0.717) is 6.10 Å². The van der Waals surface area contributed by atoms with Gasteiger partial charge in [0.25, 0.3) is 0 Å². The van der Waals surface area contributed by atoms with Crippen LogP contribution in [0.4, 0.5) is 0 Å². The van der Waals surface area contributed by atoms with Crippen LogP contribution < -0.4 is 0 Å². The fraction of sp³-hybridized carbons (Fsp3) is 0.500. The molecule has 0 bridgehead atoms. The first kappa shape index (κ1) is 11.3. The number of benzene rings is 1. The minimum Gasteiger partial charge on any atom is -0.373 e. The van der Waals surface area contributed by atoms with Gasteiger partial charge in [-0.25, -0.2) is 0 Å². The first-order valence-electron chi connectivity index (χ1n) is 5.81. The Labute approximate surface area is 96.6 Å². The predicted molar refractivity (Wildman–Crippen MR) is 63.8 cm³/mol. The van der Waals surface area contributed by atoms with Crippen molar-refractivity contribution in [1.29, 1.82) is 0 Å². The van der Waals surface area contributed by atoms with Crippen molar-refractivity contribution in [3.05, 3.63) is 34.9 Å². The summed E-state index contributed by atoms with van der Waals surface area (Å²) >= 11 is 0. The third kappa shape index (κ3) is 2.33. The molecule has 1 aliphatic heterocycles.